The molecule has 1 aromatic carbocycles. The van der Waals surface area contributed by atoms with Gasteiger partial charge in [0.25, 0.3) is 0 Å². The standard InChI is InChI=1S/C14H20BrNO3S/c1-10(2)20(17,18)16-13-4-3-9-19-14(13)11-5-7-12(15)8-6-11/h5-8,10,13-14,16H,3-4,9H2,1-2H3/t13-,14-/m0/s1. The molecule has 1 aromatic rings. The monoisotopic (exact) mass is 361 g/mol. The molecule has 0 bridgehead atoms. The number of benzene rings is 1. The summed E-state index contributed by atoms with van der Waals surface area (Å²) >= 11 is 3.40. The molecule has 1 N–H and O–H groups in total. The zero-order chi connectivity index (χ0) is 14.8. The van der Waals surface area contributed by atoms with E-state index in [1.165, 1.54) is 0 Å². The number of halogens is 1. The summed E-state index contributed by atoms with van der Waals surface area (Å²) in [4.78, 5) is 0. The highest BCUT2D eigenvalue weighted by molar-refractivity contribution is 9.10. The summed E-state index contributed by atoms with van der Waals surface area (Å²) in [5, 5.41) is -0.435. The van der Waals surface area contributed by atoms with E-state index in [4.69, 9.17) is 4.74 Å². The highest BCUT2D eigenvalue weighted by Crippen LogP contribution is 2.30. The van der Waals surface area contributed by atoms with E-state index in [2.05, 4.69) is 20.7 Å². The molecule has 2 atom stereocenters. The second-order valence-electron chi connectivity index (χ2n) is 5.30. The first-order valence-electron chi connectivity index (χ1n) is 6.78. The smallest absolute Gasteiger partial charge is 0.214 e. The molecule has 1 heterocycles. The summed E-state index contributed by atoms with van der Waals surface area (Å²) in [6.07, 6.45) is 1.45. The van der Waals surface area contributed by atoms with Gasteiger partial charge in [-0.3, -0.25) is 0 Å². The second-order valence-corrected chi connectivity index (χ2v) is 8.49. The Hall–Kier alpha value is -0.430. The van der Waals surface area contributed by atoms with Gasteiger partial charge in [-0.25, -0.2) is 13.1 Å². The van der Waals surface area contributed by atoms with E-state index in [0.717, 1.165) is 22.9 Å². The Labute approximate surface area is 129 Å². The molecule has 4 nitrogen and oxygen atoms in total. The number of ether oxygens (including phenoxy) is 1. The van der Waals surface area contributed by atoms with Gasteiger partial charge in [0.05, 0.1) is 17.4 Å². The van der Waals surface area contributed by atoms with Crippen molar-refractivity contribution in [3.63, 3.8) is 0 Å². The van der Waals surface area contributed by atoms with Crippen LogP contribution in [0.1, 0.15) is 38.4 Å². The van der Waals surface area contributed by atoms with Crippen molar-refractivity contribution in [1.82, 2.24) is 4.72 Å². The van der Waals surface area contributed by atoms with Crippen molar-refractivity contribution >= 4 is 26.0 Å². The van der Waals surface area contributed by atoms with Crippen molar-refractivity contribution in [2.24, 2.45) is 0 Å². The van der Waals surface area contributed by atoms with Gasteiger partial charge in [-0.2, -0.15) is 0 Å². The molecule has 1 saturated heterocycles. The molecule has 2 rings (SSSR count). The van der Waals surface area contributed by atoms with Crippen molar-refractivity contribution in [2.75, 3.05) is 6.61 Å². The highest BCUT2D eigenvalue weighted by Gasteiger charge is 2.31. The Bertz CT molecular complexity index is 542. The molecule has 1 aliphatic rings. The number of hydrogen-bond acceptors (Lipinski definition) is 3. The number of sulfonamides is 1. The Morgan fingerprint density at radius 3 is 2.55 bits per heavy atom. The average molecular weight is 362 g/mol. The zero-order valence-electron chi connectivity index (χ0n) is 11.7. The van der Waals surface area contributed by atoms with Crippen LogP contribution in [0.3, 0.4) is 0 Å². The van der Waals surface area contributed by atoms with E-state index in [9.17, 15) is 8.42 Å². The molecule has 0 radical (unpaired) electrons. The van der Waals surface area contributed by atoms with E-state index in [0.29, 0.717) is 6.61 Å². The highest BCUT2D eigenvalue weighted by atomic mass is 79.9. The third-order valence-corrected chi connectivity index (χ3v) is 5.86. The third kappa shape index (κ3) is 3.81. The Kier molecular flexibility index (Phi) is 5.23. The third-order valence-electron chi connectivity index (χ3n) is 3.46. The van der Waals surface area contributed by atoms with Crippen LogP contribution in [0, 0.1) is 0 Å². The van der Waals surface area contributed by atoms with Gasteiger partial charge in [0, 0.05) is 11.1 Å². The summed E-state index contributed by atoms with van der Waals surface area (Å²) in [5.41, 5.74) is 1.00. The fourth-order valence-corrected chi connectivity index (χ4v) is 3.43. The summed E-state index contributed by atoms with van der Waals surface area (Å²) < 4.78 is 33.7. The van der Waals surface area contributed by atoms with E-state index in [1.54, 1.807) is 13.8 Å². The minimum Gasteiger partial charge on any atom is -0.372 e. The summed E-state index contributed by atoms with van der Waals surface area (Å²) in [7, 11) is -3.29. The molecule has 20 heavy (non-hydrogen) atoms. The van der Waals surface area contributed by atoms with Crippen LogP contribution in [0.2, 0.25) is 0 Å². The minimum absolute atomic E-state index is 0.197. The summed E-state index contributed by atoms with van der Waals surface area (Å²) in [6.45, 7) is 4.03. The van der Waals surface area contributed by atoms with Crippen LogP contribution in [-0.2, 0) is 14.8 Å². The number of rotatable bonds is 4. The largest absolute Gasteiger partial charge is 0.372 e. The topological polar surface area (TPSA) is 55.4 Å². The van der Waals surface area contributed by atoms with E-state index in [1.807, 2.05) is 24.3 Å². The van der Waals surface area contributed by atoms with Crippen LogP contribution < -0.4 is 4.72 Å². The van der Waals surface area contributed by atoms with Crippen molar-refractivity contribution in [2.45, 2.75) is 44.1 Å². The van der Waals surface area contributed by atoms with Crippen molar-refractivity contribution in [3.8, 4) is 0 Å². The zero-order valence-corrected chi connectivity index (χ0v) is 14.1. The van der Waals surface area contributed by atoms with Crippen LogP contribution in [0.5, 0.6) is 0 Å². The fourth-order valence-electron chi connectivity index (χ4n) is 2.23. The van der Waals surface area contributed by atoms with Gasteiger partial charge >= 0.3 is 0 Å². The molecule has 0 saturated carbocycles. The van der Waals surface area contributed by atoms with Crippen molar-refractivity contribution < 1.29 is 13.2 Å². The summed E-state index contributed by atoms with van der Waals surface area (Å²) in [5.74, 6) is 0. The average Bonchev–Trinajstić information content (AvgIpc) is 2.40. The Morgan fingerprint density at radius 2 is 1.95 bits per heavy atom. The number of hydrogen-bond donors (Lipinski definition) is 1. The van der Waals surface area contributed by atoms with Gasteiger partial charge in [0.15, 0.2) is 0 Å². The lowest BCUT2D eigenvalue weighted by molar-refractivity contribution is -0.00447. The van der Waals surface area contributed by atoms with Crippen LogP contribution >= 0.6 is 15.9 Å². The first-order valence-corrected chi connectivity index (χ1v) is 9.12. The van der Waals surface area contributed by atoms with Crippen molar-refractivity contribution in [1.29, 1.82) is 0 Å². The lowest BCUT2D eigenvalue weighted by Crippen LogP contribution is -2.45. The van der Waals surface area contributed by atoms with Crippen LogP contribution in [0.15, 0.2) is 28.7 Å². The Balaban J connectivity index is 2.19. The lowest BCUT2D eigenvalue weighted by Gasteiger charge is -2.33. The molecule has 0 amide bonds. The molecule has 1 aliphatic heterocycles. The van der Waals surface area contributed by atoms with E-state index < -0.39 is 15.3 Å². The number of nitrogens with one attached hydrogen (secondary N) is 1. The predicted molar refractivity (Wildman–Crippen MR) is 83.0 cm³/mol. The molecule has 112 valence electrons. The molecule has 0 unspecified atom stereocenters. The van der Waals surface area contributed by atoms with Crippen LogP contribution in [-0.4, -0.2) is 26.3 Å². The van der Waals surface area contributed by atoms with Gasteiger partial charge in [0.2, 0.25) is 10.0 Å². The molecule has 1 fully saturated rings. The maximum Gasteiger partial charge on any atom is 0.214 e. The summed E-state index contributed by atoms with van der Waals surface area (Å²) in [6, 6.07) is 7.63. The maximum atomic E-state index is 12.1. The normalized spacial score (nSPS) is 24.0. The van der Waals surface area contributed by atoms with E-state index >= 15 is 0 Å². The molecule has 6 heteroatoms. The van der Waals surface area contributed by atoms with Crippen LogP contribution in [0.4, 0.5) is 0 Å². The SMILES string of the molecule is CC(C)S(=O)(=O)N[C@H]1CCCO[C@H]1c1ccc(Br)cc1. The minimum atomic E-state index is -3.29. The van der Waals surface area contributed by atoms with Crippen molar-refractivity contribution in [3.05, 3.63) is 34.3 Å². The Morgan fingerprint density at radius 1 is 1.30 bits per heavy atom. The fraction of sp³-hybridized carbons (Fsp3) is 0.571. The predicted octanol–water partition coefficient (Wildman–Crippen LogP) is 3.00. The first kappa shape index (κ1) is 15.9. The van der Waals surface area contributed by atoms with Gasteiger partial charge in [-0.1, -0.05) is 28.1 Å². The van der Waals surface area contributed by atoms with Gasteiger partial charge in [-0.05, 0) is 44.4 Å². The van der Waals surface area contributed by atoms with Crippen LogP contribution in [0.25, 0.3) is 0 Å². The second kappa shape index (κ2) is 6.56. The molecule has 0 aliphatic carbocycles. The first-order chi connectivity index (χ1) is 9.40. The van der Waals surface area contributed by atoms with E-state index in [-0.39, 0.29) is 12.1 Å². The van der Waals surface area contributed by atoms with Gasteiger partial charge in [-0.15, -0.1) is 0 Å². The lowest BCUT2D eigenvalue weighted by atomic mass is 9.97. The molecule has 0 aromatic heterocycles. The maximum absolute atomic E-state index is 12.1. The molecular weight excluding hydrogens is 342 g/mol. The quantitative estimate of drug-likeness (QED) is 0.896. The molecular formula is C14H20BrNO3S. The van der Waals surface area contributed by atoms with Gasteiger partial charge < -0.3 is 4.74 Å². The van der Waals surface area contributed by atoms with Gasteiger partial charge in [0.1, 0.15) is 0 Å². The molecule has 0 spiro atoms.